The molecule has 2 aromatic carbocycles. The zero-order chi connectivity index (χ0) is 13.9. The zero-order valence-electron chi connectivity index (χ0n) is 11.2. The van der Waals surface area contributed by atoms with Crippen LogP contribution >= 0.6 is 0 Å². The number of hydrogen-bond donors (Lipinski definition) is 1. The van der Waals surface area contributed by atoms with Crippen LogP contribution in [0.2, 0.25) is 0 Å². The lowest BCUT2D eigenvalue weighted by Crippen LogP contribution is -2.04. The summed E-state index contributed by atoms with van der Waals surface area (Å²) in [4.78, 5) is 0. The number of rotatable bonds is 3. The summed E-state index contributed by atoms with van der Waals surface area (Å²) >= 11 is 0. The Labute approximate surface area is 117 Å². The summed E-state index contributed by atoms with van der Waals surface area (Å²) < 4.78 is 1.78. The maximum absolute atomic E-state index is 5.95. The fraction of sp³-hybridized carbons (Fsp3) is 0.133. The number of aromatic nitrogens is 4. The van der Waals surface area contributed by atoms with Crippen LogP contribution in [0.5, 0.6) is 0 Å². The second-order valence-electron chi connectivity index (χ2n) is 4.72. The van der Waals surface area contributed by atoms with E-state index in [-0.39, 0.29) is 0 Å². The number of aryl methyl sites for hydroxylation is 1. The Bertz CT molecular complexity index is 718. The third-order valence-electron chi connectivity index (χ3n) is 3.24. The summed E-state index contributed by atoms with van der Waals surface area (Å²) in [6.07, 6.45) is 0. The Morgan fingerprint density at radius 3 is 2.65 bits per heavy atom. The average Bonchev–Trinajstić information content (AvgIpc) is 2.91. The van der Waals surface area contributed by atoms with Gasteiger partial charge < -0.3 is 5.73 Å². The minimum atomic E-state index is 0.636. The van der Waals surface area contributed by atoms with Crippen molar-refractivity contribution in [3.63, 3.8) is 0 Å². The molecule has 0 aliphatic rings. The first-order valence-electron chi connectivity index (χ1n) is 6.40. The van der Waals surface area contributed by atoms with Gasteiger partial charge in [0.15, 0.2) is 5.82 Å². The van der Waals surface area contributed by atoms with E-state index < -0.39 is 0 Å². The van der Waals surface area contributed by atoms with E-state index in [1.54, 1.807) is 4.68 Å². The van der Waals surface area contributed by atoms with Crippen LogP contribution in [0.4, 0.5) is 5.69 Å². The molecule has 0 atom stereocenters. The Morgan fingerprint density at radius 2 is 1.90 bits per heavy atom. The third-order valence-corrected chi connectivity index (χ3v) is 3.24. The standard InChI is InChI=1S/C15H15N5/c1-11-7-8-13(9-14(11)16)15-17-18-19-20(15)10-12-5-3-2-4-6-12/h2-9H,10,16H2,1H3. The first-order valence-corrected chi connectivity index (χ1v) is 6.40. The molecule has 100 valence electrons. The number of nitrogens with two attached hydrogens (primary N) is 1. The molecule has 5 heteroatoms. The molecular weight excluding hydrogens is 250 g/mol. The number of anilines is 1. The summed E-state index contributed by atoms with van der Waals surface area (Å²) in [5.41, 5.74) is 9.83. The minimum Gasteiger partial charge on any atom is -0.398 e. The smallest absolute Gasteiger partial charge is 0.182 e. The number of nitrogens with zero attached hydrogens (tertiary/aromatic N) is 4. The van der Waals surface area contributed by atoms with Crippen molar-refractivity contribution < 1.29 is 0 Å². The molecule has 0 unspecified atom stereocenters. The maximum Gasteiger partial charge on any atom is 0.182 e. The quantitative estimate of drug-likeness (QED) is 0.738. The molecule has 0 fully saturated rings. The summed E-state index contributed by atoms with van der Waals surface area (Å²) in [6, 6.07) is 16.0. The molecule has 0 spiro atoms. The van der Waals surface area contributed by atoms with Gasteiger partial charge in [0.1, 0.15) is 0 Å². The molecule has 0 bridgehead atoms. The zero-order valence-corrected chi connectivity index (χ0v) is 11.2. The molecule has 0 radical (unpaired) electrons. The van der Waals surface area contributed by atoms with Crippen LogP contribution in [0.15, 0.2) is 48.5 Å². The highest BCUT2D eigenvalue weighted by Crippen LogP contribution is 2.21. The highest BCUT2D eigenvalue weighted by Gasteiger charge is 2.10. The van der Waals surface area contributed by atoms with Gasteiger partial charge in [-0.3, -0.25) is 0 Å². The van der Waals surface area contributed by atoms with Gasteiger partial charge in [-0.2, -0.15) is 0 Å². The molecule has 5 nitrogen and oxygen atoms in total. The van der Waals surface area contributed by atoms with Gasteiger partial charge in [-0.1, -0.05) is 42.5 Å². The number of nitrogen functional groups attached to an aromatic ring is 1. The molecule has 20 heavy (non-hydrogen) atoms. The van der Waals surface area contributed by atoms with Crippen molar-refractivity contribution in [1.29, 1.82) is 0 Å². The summed E-state index contributed by atoms with van der Waals surface area (Å²) in [6.45, 7) is 2.61. The first kappa shape index (κ1) is 12.3. The fourth-order valence-corrected chi connectivity index (χ4v) is 2.05. The molecule has 2 N–H and O–H groups in total. The van der Waals surface area contributed by atoms with E-state index in [0.717, 1.165) is 28.2 Å². The Hall–Kier alpha value is -2.69. The largest absolute Gasteiger partial charge is 0.398 e. The monoisotopic (exact) mass is 265 g/mol. The van der Waals surface area contributed by atoms with Gasteiger partial charge >= 0.3 is 0 Å². The van der Waals surface area contributed by atoms with Gasteiger partial charge in [-0.15, -0.1) is 5.10 Å². The van der Waals surface area contributed by atoms with Gasteiger partial charge in [-0.05, 0) is 34.5 Å². The van der Waals surface area contributed by atoms with Crippen LogP contribution in [-0.2, 0) is 6.54 Å². The van der Waals surface area contributed by atoms with Gasteiger partial charge in [0.05, 0.1) is 6.54 Å². The number of benzene rings is 2. The highest BCUT2D eigenvalue weighted by molar-refractivity contribution is 5.63. The summed E-state index contributed by atoms with van der Waals surface area (Å²) in [7, 11) is 0. The van der Waals surface area contributed by atoms with Gasteiger partial charge in [0, 0.05) is 11.3 Å². The van der Waals surface area contributed by atoms with Crippen molar-refractivity contribution in [2.24, 2.45) is 0 Å². The second-order valence-corrected chi connectivity index (χ2v) is 4.72. The lowest BCUT2D eigenvalue weighted by molar-refractivity contribution is 0.653. The lowest BCUT2D eigenvalue weighted by atomic mass is 10.1. The molecule has 0 amide bonds. The van der Waals surface area contributed by atoms with Gasteiger partial charge in [-0.25, -0.2) is 4.68 Å². The van der Waals surface area contributed by atoms with Crippen LogP contribution in [0.25, 0.3) is 11.4 Å². The van der Waals surface area contributed by atoms with Gasteiger partial charge in [0.2, 0.25) is 0 Å². The predicted octanol–water partition coefficient (Wildman–Crippen LogP) is 2.28. The van der Waals surface area contributed by atoms with Crippen molar-refractivity contribution in [3.8, 4) is 11.4 Å². The number of tetrazole rings is 1. The summed E-state index contributed by atoms with van der Waals surface area (Å²) in [5, 5.41) is 11.9. The SMILES string of the molecule is Cc1ccc(-c2nnnn2Cc2ccccc2)cc1N. The maximum atomic E-state index is 5.95. The highest BCUT2D eigenvalue weighted by atomic mass is 15.5. The van der Waals surface area contributed by atoms with E-state index in [9.17, 15) is 0 Å². The topological polar surface area (TPSA) is 69.6 Å². The van der Waals surface area contributed by atoms with Crippen LogP contribution in [0, 0.1) is 6.92 Å². The van der Waals surface area contributed by atoms with E-state index in [1.807, 2.05) is 43.3 Å². The van der Waals surface area contributed by atoms with Crippen molar-refractivity contribution in [2.45, 2.75) is 13.5 Å². The normalized spacial score (nSPS) is 10.7. The minimum absolute atomic E-state index is 0.636. The summed E-state index contributed by atoms with van der Waals surface area (Å²) in [5.74, 6) is 0.723. The second kappa shape index (κ2) is 5.13. The van der Waals surface area contributed by atoms with Crippen LogP contribution in [0.3, 0.4) is 0 Å². The average molecular weight is 265 g/mol. The molecule has 0 saturated heterocycles. The van der Waals surface area contributed by atoms with Crippen molar-refractivity contribution in [3.05, 3.63) is 59.7 Å². The lowest BCUT2D eigenvalue weighted by Gasteiger charge is -2.06. The van der Waals surface area contributed by atoms with E-state index in [1.165, 1.54) is 0 Å². The first-order chi connectivity index (χ1) is 9.74. The van der Waals surface area contributed by atoms with Crippen molar-refractivity contribution >= 4 is 5.69 Å². The van der Waals surface area contributed by atoms with Crippen LogP contribution in [0.1, 0.15) is 11.1 Å². The van der Waals surface area contributed by atoms with Crippen molar-refractivity contribution in [1.82, 2.24) is 20.2 Å². The van der Waals surface area contributed by atoms with Crippen molar-refractivity contribution in [2.75, 3.05) is 5.73 Å². The molecule has 0 aliphatic heterocycles. The molecule has 3 aromatic rings. The van der Waals surface area contributed by atoms with E-state index in [2.05, 4.69) is 27.7 Å². The molecule has 0 saturated carbocycles. The van der Waals surface area contributed by atoms with E-state index in [4.69, 9.17) is 5.73 Å². The van der Waals surface area contributed by atoms with Crippen LogP contribution < -0.4 is 5.73 Å². The number of hydrogen-bond acceptors (Lipinski definition) is 4. The molecular formula is C15H15N5. The molecule has 0 aliphatic carbocycles. The molecule has 3 rings (SSSR count). The Balaban J connectivity index is 1.95. The van der Waals surface area contributed by atoms with Crippen LogP contribution in [-0.4, -0.2) is 20.2 Å². The third kappa shape index (κ3) is 2.38. The fourth-order valence-electron chi connectivity index (χ4n) is 2.05. The van der Waals surface area contributed by atoms with Gasteiger partial charge in [0.25, 0.3) is 0 Å². The molecule has 1 aromatic heterocycles. The Kier molecular flexibility index (Phi) is 3.16. The predicted molar refractivity (Wildman–Crippen MR) is 77.9 cm³/mol. The Morgan fingerprint density at radius 1 is 1.10 bits per heavy atom. The molecule has 1 heterocycles. The van der Waals surface area contributed by atoms with E-state index in [0.29, 0.717) is 6.54 Å². The van der Waals surface area contributed by atoms with E-state index >= 15 is 0 Å².